The highest BCUT2D eigenvalue weighted by Gasteiger charge is 2.19. The molecule has 5 heteroatoms. The van der Waals surface area contributed by atoms with Gasteiger partial charge in [-0.2, -0.15) is 0 Å². The van der Waals surface area contributed by atoms with Crippen molar-refractivity contribution in [3.05, 3.63) is 39.7 Å². The van der Waals surface area contributed by atoms with Crippen LogP contribution in [-0.2, 0) is 0 Å². The minimum atomic E-state index is -0.746. The smallest absolute Gasteiger partial charge is 0.258 e. The lowest BCUT2D eigenvalue weighted by Crippen LogP contribution is -2.02. The Kier molecular flexibility index (Phi) is 3.11. The van der Waals surface area contributed by atoms with Crippen LogP contribution < -0.4 is 0 Å². The van der Waals surface area contributed by atoms with Crippen LogP contribution in [0.25, 0.3) is 0 Å². The van der Waals surface area contributed by atoms with Crippen LogP contribution in [-0.4, -0.2) is 11.6 Å². The number of halogens is 2. The Morgan fingerprint density at radius 2 is 2.21 bits per heavy atom. The molecule has 76 valence electrons. The van der Waals surface area contributed by atoms with Gasteiger partial charge < -0.3 is 0 Å². The van der Waals surface area contributed by atoms with E-state index in [2.05, 4.69) is 0 Å². The van der Waals surface area contributed by atoms with Gasteiger partial charge in [0.25, 0.3) is 5.69 Å². The Balaban J connectivity index is 3.22. The van der Waals surface area contributed by atoms with Crippen LogP contribution in [0, 0.1) is 15.9 Å². The number of rotatable bonds is 3. The molecule has 3 nitrogen and oxygen atoms in total. The second-order valence-electron chi connectivity index (χ2n) is 3.02. The van der Waals surface area contributed by atoms with E-state index >= 15 is 0 Å². The Labute approximate surface area is 79.5 Å². The van der Waals surface area contributed by atoms with Crippen LogP contribution >= 0.6 is 0 Å². The van der Waals surface area contributed by atoms with E-state index in [4.69, 9.17) is 0 Å². The first-order valence-corrected chi connectivity index (χ1v) is 4.06. The molecule has 0 aliphatic heterocycles. The summed E-state index contributed by atoms with van der Waals surface area (Å²) in [6, 6.07) is 3.05. The zero-order chi connectivity index (χ0) is 10.7. The average Bonchev–Trinajstić information content (AvgIpc) is 2.16. The molecule has 1 rings (SSSR count). The second kappa shape index (κ2) is 4.13. The van der Waals surface area contributed by atoms with Gasteiger partial charge in [0, 0.05) is 17.5 Å². The summed E-state index contributed by atoms with van der Waals surface area (Å²) >= 11 is 0. The van der Waals surface area contributed by atoms with Crippen molar-refractivity contribution in [2.24, 2.45) is 0 Å². The fourth-order valence-electron chi connectivity index (χ4n) is 1.17. The predicted molar refractivity (Wildman–Crippen MR) is 47.4 cm³/mol. The molecule has 0 radical (unpaired) electrons. The molecule has 1 aromatic rings. The summed E-state index contributed by atoms with van der Waals surface area (Å²) in [4.78, 5) is 9.88. The fourth-order valence-corrected chi connectivity index (χ4v) is 1.17. The summed E-state index contributed by atoms with van der Waals surface area (Å²) in [6.45, 7) is 0.728. The number of nitro groups is 1. The predicted octanol–water partition coefficient (Wildman–Crippen LogP) is 2.81. The van der Waals surface area contributed by atoms with Crippen LogP contribution in [0.15, 0.2) is 18.2 Å². The van der Waals surface area contributed by atoms with Crippen LogP contribution in [0.3, 0.4) is 0 Å². The maximum atomic E-state index is 12.8. The Morgan fingerprint density at radius 3 is 2.71 bits per heavy atom. The largest absolute Gasteiger partial charge is 0.273 e. The third-order valence-electron chi connectivity index (χ3n) is 1.95. The van der Waals surface area contributed by atoms with Crippen LogP contribution in [0.5, 0.6) is 0 Å². The molecule has 0 fully saturated rings. The monoisotopic (exact) mass is 201 g/mol. The SMILES string of the molecule is CC(CF)c1cc(F)ccc1[N+](=O)[O-]. The Hall–Kier alpha value is -1.52. The topological polar surface area (TPSA) is 43.1 Å². The fraction of sp³-hybridized carbons (Fsp3) is 0.333. The van der Waals surface area contributed by atoms with Crippen molar-refractivity contribution >= 4 is 5.69 Å². The molecule has 0 bridgehead atoms. The third kappa shape index (κ3) is 2.04. The van der Waals surface area contributed by atoms with E-state index in [0.29, 0.717) is 0 Å². The summed E-state index contributed by atoms with van der Waals surface area (Å²) in [5.74, 6) is -1.25. The maximum absolute atomic E-state index is 12.8. The third-order valence-corrected chi connectivity index (χ3v) is 1.95. The molecule has 1 atom stereocenters. The van der Waals surface area contributed by atoms with Crippen molar-refractivity contribution in [1.82, 2.24) is 0 Å². The quantitative estimate of drug-likeness (QED) is 0.557. The van der Waals surface area contributed by atoms with E-state index in [1.165, 1.54) is 6.92 Å². The molecule has 0 aliphatic carbocycles. The van der Waals surface area contributed by atoms with Crippen molar-refractivity contribution in [2.75, 3.05) is 6.67 Å². The highest BCUT2D eigenvalue weighted by atomic mass is 19.1. The number of benzene rings is 1. The van der Waals surface area contributed by atoms with Gasteiger partial charge in [-0.3, -0.25) is 14.5 Å². The number of alkyl halides is 1. The van der Waals surface area contributed by atoms with Gasteiger partial charge in [0.2, 0.25) is 0 Å². The lowest BCUT2D eigenvalue weighted by molar-refractivity contribution is -0.385. The first kappa shape index (κ1) is 10.6. The molecule has 1 aromatic carbocycles. The summed E-state index contributed by atoms with van der Waals surface area (Å²) in [5, 5.41) is 10.5. The molecule has 0 aromatic heterocycles. The normalized spacial score (nSPS) is 12.5. The summed E-state index contributed by atoms with van der Waals surface area (Å²) in [6.07, 6.45) is 0. The van der Waals surface area contributed by atoms with E-state index in [-0.39, 0.29) is 11.3 Å². The minimum absolute atomic E-state index is 0.0949. The van der Waals surface area contributed by atoms with Crippen molar-refractivity contribution in [3.63, 3.8) is 0 Å². The molecule has 0 aliphatic rings. The van der Waals surface area contributed by atoms with E-state index < -0.39 is 23.3 Å². The highest BCUT2D eigenvalue weighted by molar-refractivity contribution is 5.42. The van der Waals surface area contributed by atoms with Crippen LogP contribution in [0.2, 0.25) is 0 Å². The van der Waals surface area contributed by atoms with Gasteiger partial charge in [-0.05, 0) is 12.1 Å². The Morgan fingerprint density at radius 1 is 1.57 bits per heavy atom. The van der Waals surface area contributed by atoms with Crippen molar-refractivity contribution in [1.29, 1.82) is 0 Å². The molecule has 0 spiro atoms. The van der Waals surface area contributed by atoms with Crippen molar-refractivity contribution < 1.29 is 13.7 Å². The molecule has 1 unspecified atom stereocenters. The van der Waals surface area contributed by atoms with Crippen LogP contribution in [0.1, 0.15) is 18.4 Å². The number of hydrogen-bond donors (Lipinski definition) is 0. The molecule has 0 N–H and O–H groups in total. The second-order valence-corrected chi connectivity index (χ2v) is 3.02. The summed E-state index contributed by atoms with van der Waals surface area (Å²) in [5.41, 5.74) is -0.144. The highest BCUT2D eigenvalue weighted by Crippen LogP contribution is 2.27. The molecule has 0 heterocycles. The van der Waals surface area contributed by atoms with Crippen molar-refractivity contribution in [2.45, 2.75) is 12.8 Å². The first-order chi connectivity index (χ1) is 6.56. The van der Waals surface area contributed by atoms with Gasteiger partial charge in [0.1, 0.15) is 5.82 Å². The molecule has 0 saturated heterocycles. The van der Waals surface area contributed by atoms with Gasteiger partial charge in [0.05, 0.1) is 11.6 Å². The molecule has 14 heavy (non-hydrogen) atoms. The zero-order valence-electron chi connectivity index (χ0n) is 7.54. The number of nitrogens with zero attached hydrogens (tertiary/aromatic N) is 1. The van der Waals surface area contributed by atoms with E-state index in [9.17, 15) is 18.9 Å². The minimum Gasteiger partial charge on any atom is -0.258 e. The van der Waals surface area contributed by atoms with Gasteiger partial charge in [-0.1, -0.05) is 6.92 Å². The number of hydrogen-bond acceptors (Lipinski definition) is 2. The average molecular weight is 201 g/mol. The molecular weight excluding hydrogens is 192 g/mol. The van der Waals surface area contributed by atoms with E-state index in [1.807, 2.05) is 0 Å². The standard InChI is InChI=1S/C9H9F2NO2/c1-6(5-10)8-4-7(11)2-3-9(8)12(13)14/h2-4,6H,5H2,1H3. The van der Waals surface area contributed by atoms with Gasteiger partial charge >= 0.3 is 0 Å². The Bertz CT molecular complexity index is 355. The van der Waals surface area contributed by atoms with Gasteiger partial charge in [0.15, 0.2) is 0 Å². The lowest BCUT2D eigenvalue weighted by Gasteiger charge is -2.07. The number of nitro benzene ring substituents is 1. The van der Waals surface area contributed by atoms with Crippen LogP contribution in [0.4, 0.5) is 14.5 Å². The lowest BCUT2D eigenvalue weighted by atomic mass is 10.0. The van der Waals surface area contributed by atoms with Crippen molar-refractivity contribution in [3.8, 4) is 0 Å². The zero-order valence-corrected chi connectivity index (χ0v) is 7.54. The summed E-state index contributed by atoms with van der Waals surface area (Å²) < 4.78 is 25.1. The van der Waals surface area contributed by atoms with Gasteiger partial charge in [-0.25, -0.2) is 4.39 Å². The maximum Gasteiger partial charge on any atom is 0.273 e. The molecular formula is C9H9F2NO2. The molecule has 0 amide bonds. The van der Waals surface area contributed by atoms with E-state index in [0.717, 1.165) is 18.2 Å². The molecule has 0 saturated carbocycles. The first-order valence-electron chi connectivity index (χ1n) is 4.06. The van der Waals surface area contributed by atoms with Gasteiger partial charge in [-0.15, -0.1) is 0 Å². The summed E-state index contributed by atoms with van der Waals surface area (Å²) in [7, 11) is 0. The van der Waals surface area contributed by atoms with E-state index in [1.54, 1.807) is 0 Å².